The third kappa shape index (κ3) is 7.32. The van der Waals surface area contributed by atoms with Crippen molar-refractivity contribution >= 4 is 34.5 Å². The van der Waals surface area contributed by atoms with Gasteiger partial charge in [0.2, 0.25) is 0 Å². The number of anilines is 2. The Labute approximate surface area is 229 Å². The molecule has 0 saturated heterocycles. The molecule has 0 aromatic heterocycles. The van der Waals surface area contributed by atoms with E-state index in [2.05, 4.69) is 34.7 Å². The third-order valence-corrected chi connectivity index (χ3v) is 6.31. The molecule has 0 radical (unpaired) electrons. The van der Waals surface area contributed by atoms with Crippen LogP contribution in [0.1, 0.15) is 34.0 Å². The van der Waals surface area contributed by atoms with Crippen LogP contribution in [0.4, 0.5) is 11.4 Å². The summed E-state index contributed by atoms with van der Waals surface area (Å²) in [4.78, 5) is 27.6. The van der Waals surface area contributed by atoms with Crippen molar-refractivity contribution in [1.82, 2.24) is 4.90 Å². The summed E-state index contributed by atoms with van der Waals surface area (Å²) in [5.41, 5.74) is 5.82. The Bertz CT molecular complexity index is 1310. The molecule has 0 saturated carbocycles. The molecular weight excluding hydrogens is 494 g/mol. The molecule has 1 heterocycles. The molecule has 39 heavy (non-hydrogen) atoms. The van der Waals surface area contributed by atoms with Crippen LogP contribution in [0.5, 0.6) is 0 Å². The van der Waals surface area contributed by atoms with Crippen LogP contribution in [0.25, 0.3) is 11.3 Å². The number of likely N-dealkylation sites (N-methyl/N-ethyl adjacent to an activating group) is 1. The summed E-state index contributed by atoms with van der Waals surface area (Å²) in [6, 6.07) is 23.1. The molecule has 0 spiro atoms. The first kappa shape index (κ1) is 28.0. The average molecular weight is 530 g/mol. The van der Waals surface area contributed by atoms with E-state index in [9.17, 15) is 9.59 Å². The number of benzene rings is 3. The maximum Gasteiger partial charge on any atom is 0.338 e. The number of carbonyl (C=O) groups is 2. The smallest absolute Gasteiger partial charge is 0.338 e. The molecule has 3 aromatic rings. The van der Waals surface area contributed by atoms with Gasteiger partial charge in [0.05, 0.1) is 48.9 Å². The van der Waals surface area contributed by atoms with Crippen molar-refractivity contribution in [2.75, 3.05) is 57.8 Å². The standard InChI is InChI=1S/C31H35N3O5/c1-4-39-31(36)24-12-15-26-27(20-24)33-30(35)28(26)29(23-8-6-5-7-9-23)32-25-13-10-22(11-14-25)21-34(2)16-17-38-19-18-37-3/h5-15,20,32H,4,16-19,21H2,1-3H3,(H,33,35)/b29-28-. The quantitative estimate of drug-likeness (QED) is 0.185. The van der Waals surface area contributed by atoms with Gasteiger partial charge in [-0.1, -0.05) is 48.5 Å². The summed E-state index contributed by atoms with van der Waals surface area (Å²) >= 11 is 0. The summed E-state index contributed by atoms with van der Waals surface area (Å²) in [5.74, 6) is -0.652. The topological polar surface area (TPSA) is 89.1 Å². The number of hydrogen-bond acceptors (Lipinski definition) is 7. The molecule has 0 fully saturated rings. The number of hydrogen-bond donors (Lipinski definition) is 2. The van der Waals surface area contributed by atoms with Crippen LogP contribution in [0.3, 0.4) is 0 Å². The van der Waals surface area contributed by atoms with E-state index >= 15 is 0 Å². The monoisotopic (exact) mass is 529 g/mol. The molecule has 4 rings (SSSR count). The molecule has 0 unspecified atom stereocenters. The number of methoxy groups -OCH3 is 1. The fourth-order valence-corrected chi connectivity index (χ4v) is 4.34. The van der Waals surface area contributed by atoms with Crippen LogP contribution >= 0.6 is 0 Å². The Balaban J connectivity index is 1.55. The highest BCUT2D eigenvalue weighted by Crippen LogP contribution is 2.38. The zero-order chi connectivity index (χ0) is 27.6. The lowest BCUT2D eigenvalue weighted by atomic mass is 9.99. The van der Waals surface area contributed by atoms with Crippen LogP contribution in [0, 0.1) is 0 Å². The lowest BCUT2D eigenvalue weighted by molar-refractivity contribution is -0.110. The molecule has 8 heteroatoms. The van der Waals surface area contributed by atoms with Gasteiger partial charge in [-0.2, -0.15) is 0 Å². The lowest BCUT2D eigenvalue weighted by Crippen LogP contribution is -2.23. The van der Waals surface area contributed by atoms with Gasteiger partial charge >= 0.3 is 5.97 Å². The minimum Gasteiger partial charge on any atom is -0.462 e. The van der Waals surface area contributed by atoms with E-state index in [1.165, 1.54) is 5.56 Å². The highest BCUT2D eigenvalue weighted by atomic mass is 16.5. The molecular formula is C31H35N3O5. The second kappa shape index (κ2) is 13.7. The van der Waals surface area contributed by atoms with Crippen molar-refractivity contribution in [3.05, 3.63) is 95.1 Å². The first-order valence-electron chi connectivity index (χ1n) is 13.0. The third-order valence-electron chi connectivity index (χ3n) is 6.31. The Hall–Kier alpha value is -3.98. The van der Waals surface area contributed by atoms with Crippen molar-refractivity contribution < 1.29 is 23.8 Å². The van der Waals surface area contributed by atoms with E-state index in [4.69, 9.17) is 14.2 Å². The summed E-state index contributed by atoms with van der Waals surface area (Å²) in [6.07, 6.45) is 0. The molecule has 2 N–H and O–H groups in total. The molecule has 3 aromatic carbocycles. The zero-order valence-electron chi connectivity index (χ0n) is 22.7. The highest BCUT2D eigenvalue weighted by Gasteiger charge is 2.29. The highest BCUT2D eigenvalue weighted by molar-refractivity contribution is 6.37. The maximum absolute atomic E-state index is 13.2. The van der Waals surface area contributed by atoms with Crippen LogP contribution in [0.15, 0.2) is 72.8 Å². The Morgan fingerprint density at radius 3 is 2.44 bits per heavy atom. The van der Waals surface area contributed by atoms with E-state index in [1.54, 1.807) is 32.2 Å². The van der Waals surface area contributed by atoms with Gasteiger partial charge in [-0.15, -0.1) is 0 Å². The minimum atomic E-state index is -0.419. The van der Waals surface area contributed by atoms with E-state index in [0.717, 1.165) is 29.9 Å². The second-order valence-corrected chi connectivity index (χ2v) is 9.22. The van der Waals surface area contributed by atoms with Gasteiger partial charge in [-0.3, -0.25) is 9.69 Å². The van der Waals surface area contributed by atoms with Crippen molar-refractivity contribution in [3.8, 4) is 0 Å². The van der Waals surface area contributed by atoms with E-state index in [0.29, 0.717) is 42.3 Å². The fourth-order valence-electron chi connectivity index (χ4n) is 4.34. The summed E-state index contributed by atoms with van der Waals surface area (Å²) in [5, 5.41) is 6.39. The van der Waals surface area contributed by atoms with Crippen molar-refractivity contribution in [2.45, 2.75) is 13.5 Å². The number of rotatable bonds is 13. The first-order chi connectivity index (χ1) is 19.0. The SMILES string of the molecule is CCOC(=O)c1ccc2c(c1)NC(=O)/C2=C(\Nc1ccc(CN(C)CCOCCOC)cc1)c1ccccc1. The molecule has 204 valence electrons. The van der Waals surface area contributed by atoms with Gasteiger partial charge in [-0.25, -0.2) is 4.79 Å². The van der Waals surface area contributed by atoms with Gasteiger partial charge < -0.3 is 24.8 Å². The number of fused-ring (bicyclic) bond motifs is 1. The lowest BCUT2D eigenvalue weighted by Gasteiger charge is -2.18. The largest absolute Gasteiger partial charge is 0.462 e. The van der Waals surface area contributed by atoms with E-state index in [1.807, 2.05) is 42.5 Å². The molecule has 0 aliphatic carbocycles. The molecule has 1 aliphatic heterocycles. The van der Waals surface area contributed by atoms with Crippen LogP contribution in [-0.4, -0.2) is 63.9 Å². The summed E-state index contributed by atoms with van der Waals surface area (Å²) < 4.78 is 15.7. The normalized spacial score (nSPS) is 13.7. The Morgan fingerprint density at radius 1 is 0.949 bits per heavy atom. The summed E-state index contributed by atoms with van der Waals surface area (Å²) in [6.45, 7) is 5.50. The number of nitrogens with one attached hydrogen (secondary N) is 2. The average Bonchev–Trinajstić information content (AvgIpc) is 3.27. The van der Waals surface area contributed by atoms with Crippen LogP contribution in [0.2, 0.25) is 0 Å². The molecule has 0 atom stereocenters. The van der Waals surface area contributed by atoms with E-state index in [-0.39, 0.29) is 12.5 Å². The van der Waals surface area contributed by atoms with Crippen LogP contribution in [-0.2, 0) is 25.5 Å². The molecule has 1 aliphatic rings. The van der Waals surface area contributed by atoms with Gasteiger partial charge in [-0.05, 0) is 49.4 Å². The zero-order valence-corrected chi connectivity index (χ0v) is 22.7. The predicted molar refractivity (Wildman–Crippen MR) is 153 cm³/mol. The number of esters is 1. The number of nitrogens with zero attached hydrogens (tertiary/aromatic N) is 1. The number of ether oxygens (including phenoxy) is 3. The number of amides is 1. The number of carbonyl (C=O) groups excluding carboxylic acids is 2. The predicted octanol–water partition coefficient (Wildman–Crippen LogP) is 4.89. The van der Waals surface area contributed by atoms with Gasteiger partial charge in [0, 0.05) is 31.5 Å². The minimum absolute atomic E-state index is 0.233. The van der Waals surface area contributed by atoms with Gasteiger partial charge in [0.1, 0.15) is 0 Å². The maximum atomic E-state index is 13.2. The van der Waals surface area contributed by atoms with Gasteiger partial charge in [0.15, 0.2) is 0 Å². The molecule has 0 bridgehead atoms. The Kier molecular flexibility index (Phi) is 9.85. The molecule has 8 nitrogen and oxygen atoms in total. The summed E-state index contributed by atoms with van der Waals surface area (Å²) in [7, 11) is 3.73. The van der Waals surface area contributed by atoms with E-state index < -0.39 is 5.97 Å². The second-order valence-electron chi connectivity index (χ2n) is 9.22. The van der Waals surface area contributed by atoms with Crippen molar-refractivity contribution in [2.24, 2.45) is 0 Å². The Morgan fingerprint density at radius 2 is 1.72 bits per heavy atom. The van der Waals surface area contributed by atoms with Crippen molar-refractivity contribution in [1.29, 1.82) is 0 Å². The van der Waals surface area contributed by atoms with Gasteiger partial charge in [0.25, 0.3) is 5.91 Å². The fraction of sp³-hybridized carbons (Fsp3) is 0.290. The molecule has 1 amide bonds. The van der Waals surface area contributed by atoms with Crippen LogP contribution < -0.4 is 10.6 Å². The van der Waals surface area contributed by atoms with Crippen molar-refractivity contribution in [3.63, 3.8) is 0 Å². The first-order valence-corrected chi connectivity index (χ1v) is 13.0.